The van der Waals surface area contributed by atoms with Crippen molar-refractivity contribution in [3.8, 4) is 0 Å². The quantitative estimate of drug-likeness (QED) is 0.0222. The molecule has 0 aliphatic rings. The second-order valence-corrected chi connectivity index (χ2v) is 35.5. The Morgan fingerprint density at radius 1 is 0.271 bits per heavy atom. The van der Waals surface area contributed by atoms with E-state index in [0.29, 0.717) is 25.7 Å². The Balaban J connectivity index is 5.24. The van der Waals surface area contributed by atoms with E-state index in [4.69, 9.17) is 37.0 Å². The van der Waals surface area contributed by atoms with Crippen LogP contribution >= 0.6 is 15.6 Å². The van der Waals surface area contributed by atoms with Crippen molar-refractivity contribution in [3.05, 3.63) is 0 Å². The molecule has 3 N–H and O–H groups in total. The van der Waals surface area contributed by atoms with Crippen LogP contribution in [-0.4, -0.2) is 96.7 Å². The van der Waals surface area contributed by atoms with Crippen LogP contribution in [0.2, 0.25) is 0 Å². The number of hydrogen-bond acceptors (Lipinski definition) is 15. The Labute approximate surface area is 658 Å². The van der Waals surface area contributed by atoms with Crippen LogP contribution < -0.4 is 0 Å². The van der Waals surface area contributed by atoms with E-state index in [0.717, 1.165) is 108 Å². The molecule has 636 valence electrons. The summed E-state index contributed by atoms with van der Waals surface area (Å²) in [6.07, 6.45) is 69.2. The van der Waals surface area contributed by atoms with E-state index < -0.39 is 97.5 Å². The molecule has 0 radical (unpaired) electrons. The fourth-order valence-corrected chi connectivity index (χ4v) is 15.2. The van der Waals surface area contributed by atoms with Gasteiger partial charge in [0, 0.05) is 25.7 Å². The molecule has 17 nitrogen and oxygen atoms in total. The molecule has 107 heavy (non-hydrogen) atoms. The van der Waals surface area contributed by atoms with Gasteiger partial charge in [-0.25, -0.2) is 9.13 Å². The summed E-state index contributed by atoms with van der Waals surface area (Å²) in [7, 11) is -9.93. The summed E-state index contributed by atoms with van der Waals surface area (Å²) in [6, 6.07) is 0. The number of carbonyl (C=O) groups excluding carboxylic acids is 4. The van der Waals surface area contributed by atoms with E-state index in [9.17, 15) is 43.2 Å². The Kier molecular flexibility index (Phi) is 76.6. The first kappa shape index (κ1) is 105. The SMILES string of the molecule is CCCCCCCCCCCCCC(=O)OC[C@H](COP(=O)(O)OC[C@H](O)COP(=O)(O)OC[C@@H](COC(=O)CCCCCCCCCCCCCCCCC(C)CC)OC(=O)CCCCCCCCCCCCCCCCCCCCC(C)CC)OC(=O)CCCCCCCCCCCCCCCC(C)C. The predicted molar refractivity (Wildman–Crippen MR) is 441 cm³/mol. The molecule has 0 aliphatic heterocycles. The lowest BCUT2D eigenvalue weighted by Crippen LogP contribution is -2.30. The largest absolute Gasteiger partial charge is 0.472 e. The van der Waals surface area contributed by atoms with Gasteiger partial charge < -0.3 is 33.8 Å². The minimum absolute atomic E-state index is 0.108. The summed E-state index contributed by atoms with van der Waals surface area (Å²) in [4.78, 5) is 73.3. The van der Waals surface area contributed by atoms with Gasteiger partial charge in [0.2, 0.25) is 0 Å². The van der Waals surface area contributed by atoms with Crippen molar-refractivity contribution in [2.75, 3.05) is 39.6 Å². The summed E-state index contributed by atoms with van der Waals surface area (Å²) in [5, 5.41) is 10.7. The number of hydrogen-bond donors (Lipinski definition) is 3. The number of carbonyl (C=O) groups is 4. The minimum atomic E-state index is -4.97. The van der Waals surface area contributed by atoms with Gasteiger partial charge >= 0.3 is 39.5 Å². The Morgan fingerprint density at radius 3 is 0.710 bits per heavy atom. The molecule has 0 heterocycles. The number of unbranched alkanes of at least 4 members (excludes halogenated alkanes) is 52. The first-order valence-electron chi connectivity index (χ1n) is 45.4. The van der Waals surface area contributed by atoms with E-state index in [1.165, 1.54) is 276 Å². The second kappa shape index (κ2) is 78.0. The number of aliphatic hydroxyl groups excluding tert-OH is 1. The van der Waals surface area contributed by atoms with Crippen molar-refractivity contribution in [2.24, 2.45) is 17.8 Å². The van der Waals surface area contributed by atoms with Crippen molar-refractivity contribution in [1.29, 1.82) is 0 Å². The van der Waals surface area contributed by atoms with Gasteiger partial charge in [-0.15, -0.1) is 0 Å². The number of rotatable bonds is 86. The molecular weight excluding hydrogens is 1390 g/mol. The first-order valence-corrected chi connectivity index (χ1v) is 48.4. The number of phosphoric acid groups is 2. The first-order chi connectivity index (χ1) is 51.8. The standard InChI is InChI=1S/C88H172O17P2/c1-8-11-12-13-14-15-31-41-48-55-62-69-85(90)98-75-83(104-88(93)72-65-58-51-44-37-30-24-25-32-38-45-52-59-66-79(4)5)77-102-106(94,95)100-73-82(89)74-101-107(96,97)103-78-84(76-99-86(91)70-63-56-49-42-35-28-23-22-27-34-40-47-54-61-68-81(7)10-3)105-87(92)71-64-57-50-43-36-29-21-19-17-16-18-20-26-33-39-46-53-60-67-80(6)9-2/h79-84,89H,8-78H2,1-7H3,(H,94,95)(H,96,97)/t80?,81?,82-,83+,84+/m0/s1. The van der Waals surface area contributed by atoms with E-state index >= 15 is 0 Å². The van der Waals surface area contributed by atoms with Gasteiger partial charge in [0.15, 0.2) is 12.2 Å². The number of phosphoric ester groups is 2. The summed E-state index contributed by atoms with van der Waals surface area (Å²) in [6.45, 7) is 12.1. The lowest BCUT2D eigenvalue weighted by Gasteiger charge is -2.21. The van der Waals surface area contributed by atoms with E-state index in [-0.39, 0.29) is 25.7 Å². The Morgan fingerprint density at radius 2 is 0.477 bits per heavy atom. The van der Waals surface area contributed by atoms with Gasteiger partial charge in [-0.3, -0.25) is 37.3 Å². The lowest BCUT2D eigenvalue weighted by molar-refractivity contribution is -0.161. The highest BCUT2D eigenvalue weighted by molar-refractivity contribution is 7.47. The molecule has 0 amide bonds. The van der Waals surface area contributed by atoms with Crippen LogP contribution in [0.3, 0.4) is 0 Å². The Bertz CT molecular complexity index is 2060. The molecule has 4 unspecified atom stereocenters. The molecule has 0 aromatic rings. The molecule has 7 atom stereocenters. The highest BCUT2D eigenvalue weighted by atomic mass is 31.2. The molecule has 0 rings (SSSR count). The summed E-state index contributed by atoms with van der Waals surface area (Å²) >= 11 is 0. The van der Waals surface area contributed by atoms with Crippen LogP contribution in [0.25, 0.3) is 0 Å². The van der Waals surface area contributed by atoms with Crippen molar-refractivity contribution in [1.82, 2.24) is 0 Å². The van der Waals surface area contributed by atoms with Crippen LogP contribution in [0.4, 0.5) is 0 Å². The number of aliphatic hydroxyl groups is 1. The summed E-state index contributed by atoms with van der Waals surface area (Å²) in [5.74, 6) is 0.407. The molecule has 0 bridgehead atoms. The fraction of sp³-hybridized carbons (Fsp3) is 0.955. The maximum Gasteiger partial charge on any atom is 0.472 e. The summed E-state index contributed by atoms with van der Waals surface area (Å²) in [5.41, 5.74) is 0. The zero-order chi connectivity index (χ0) is 78.6. The third-order valence-corrected chi connectivity index (χ3v) is 23.3. The van der Waals surface area contributed by atoms with Crippen molar-refractivity contribution in [2.45, 2.75) is 484 Å². The highest BCUT2D eigenvalue weighted by Crippen LogP contribution is 2.45. The van der Waals surface area contributed by atoms with Crippen LogP contribution in [-0.2, 0) is 65.4 Å². The number of ether oxygens (including phenoxy) is 4. The van der Waals surface area contributed by atoms with E-state index in [1.54, 1.807) is 0 Å². The van der Waals surface area contributed by atoms with Crippen LogP contribution in [0, 0.1) is 17.8 Å². The third kappa shape index (κ3) is 79.1. The molecule has 0 aromatic carbocycles. The molecular formula is C88H172O17P2. The van der Waals surface area contributed by atoms with Crippen molar-refractivity contribution < 1.29 is 80.2 Å². The monoisotopic (exact) mass is 1560 g/mol. The zero-order valence-electron chi connectivity index (χ0n) is 70.6. The predicted octanol–water partition coefficient (Wildman–Crippen LogP) is 26.9. The molecule has 0 aromatic heterocycles. The smallest absolute Gasteiger partial charge is 0.462 e. The van der Waals surface area contributed by atoms with Crippen LogP contribution in [0.1, 0.15) is 466 Å². The number of esters is 4. The van der Waals surface area contributed by atoms with Gasteiger partial charge in [0.1, 0.15) is 19.3 Å². The normalized spacial score (nSPS) is 14.3. The van der Waals surface area contributed by atoms with Crippen molar-refractivity contribution >= 4 is 39.5 Å². The minimum Gasteiger partial charge on any atom is -0.462 e. The fourth-order valence-electron chi connectivity index (χ4n) is 13.7. The summed E-state index contributed by atoms with van der Waals surface area (Å²) < 4.78 is 69.0. The average Bonchev–Trinajstić information content (AvgIpc) is 0.901. The van der Waals surface area contributed by atoms with Gasteiger partial charge in [-0.05, 0) is 43.4 Å². The van der Waals surface area contributed by atoms with Crippen molar-refractivity contribution in [3.63, 3.8) is 0 Å². The maximum absolute atomic E-state index is 13.2. The van der Waals surface area contributed by atoms with Gasteiger partial charge in [0.25, 0.3) is 0 Å². The van der Waals surface area contributed by atoms with E-state index in [1.807, 2.05) is 0 Å². The molecule has 0 saturated heterocycles. The third-order valence-electron chi connectivity index (χ3n) is 21.4. The average molecular weight is 1560 g/mol. The maximum atomic E-state index is 13.2. The Hall–Kier alpha value is -1.94. The molecule has 0 saturated carbocycles. The molecule has 19 heteroatoms. The van der Waals surface area contributed by atoms with E-state index in [2.05, 4.69) is 48.5 Å². The van der Waals surface area contributed by atoms with Crippen LogP contribution in [0.5, 0.6) is 0 Å². The zero-order valence-corrected chi connectivity index (χ0v) is 72.4. The molecule has 0 fully saturated rings. The second-order valence-electron chi connectivity index (χ2n) is 32.6. The van der Waals surface area contributed by atoms with Crippen LogP contribution in [0.15, 0.2) is 0 Å². The topological polar surface area (TPSA) is 237 Å². The van der Waals surface area contributed by atoms with Gasteiger partial charge in [-0.1, -0.05) is 414 Å². The molecule has 0 aliphatic carbocycles. The highest BCUT2D eigenvalue weighted by Gasteiger charge is 2.31. The molecule has 0 spiro atoms. The van der Waals surface area contributed by atoms with Gasteiger partial charge in [0.05, 0.1) is 26.4 Å². The van der Waals surface area contributed by atoms with Gasteiger partial charge in [-0.2, -0.15) is 0 Å². The lowest BCUT2D eigenvalue weighted by atomic mass is 9.99.